The molecule has 0 saturated heterocycles. The van der Waals surface area contributed by atoms with Gasteiger partial charge in [0.15, 0.2) is 28.1 Å². The molecule has 0 aromatic heterocycles. The van der Waals surface area contributed by atoms with E-state index in [1.165, 1.54) is 40.4 Å². The quantitative estimate of drug-likeness (QED) is 0.0728. The number of aromatic hydroxyl groups is 2. The number of allylic oxidation sites excluding steroid dienone is 1. The molecule has 1 aliphatic rings. The van der Waals surface area contributed by atoms with Crippen LogP contribution in [0.25, 0.3) is 49.2 Å². The number of ether oxygens (including phenoxy) is 4. The third-order valence-corrected chi connectivity index (χ3v) is 8.66. The molecular weight excluding hydrogens is 582 g/mol. The van der Waals surface area contributed by atoms with Crippen molar-refractivity contribution in [2.45, 2.75) is 26.2 Å². The summed E-state index contributed by atoms with van der Waals surface area (Å²) in [6.07, 6.45) is 2.30. The molecule has 0 heterocycles. The summed E-state index contributed by atoms with van der Waals surface area (Å²) in [4.78, 5) is 40.9. The average Bonchev–Trinajstić information content (AvgIpc) is 3.14. The highest BCUT2D eigenvalue weighted by molar-refractivity contribution is 6.40. The van der Waals surface area contributed by atoms with Gasteiger partial charge in [-0.1, -0.05) is 11.6 Å². The molecule has 0 spiro atoms. The Labute approximate surface area is 256 Å². The predicted molar refractivity (Wildman–Crippen MR) is 172 cm³/mol. The molecule has 1 unspecified atom stereocenters. The van der Waals surface area contributed by atoms with Gasteiger partial charge in [-0.15, -0.1) is 0 Å². The topological polar surface area (TPSA) is 161 Å². The van der Waals surface area contributed by atoms with E-state index in [4.69, 9.17) is 24.1 Å². The lowest BCUT2D eigenvalue weighted by Gasteiger charge is -2.25. The van der Waals surface area contributed by atoms with E-state index in [2.05, 4.69) is 5.32 Å². The lowest BCUT2D eigenvalue weighted by molar-refractivity contribution is -0.117. The molecule has 0 fully saturated rings. The molecular formula is C34H33NO10. The van der Waals surface area contributed by atoms with Gasteiger partial charge in [-0.2, -0.15) is 0 Å². The molecule has 0 bridgehead atoms. The first-order valence-corrected chi connectivity index (χ1v) is 14.5. The zero-order valence-corrected chi connectivity index (χ0v) is 25.5. The van der Waals surface area contributed by atoms with Gasteiger partial charge in [0.1, 0.15) is 17.3 Å². The lowest BCUT2D eigenvalue weighted by atomic mass is 9.80. The number of carbonyl (C=O) groups excluding carboxylic acids is 1. The number of nitrogens with one attached hydrogen (secondary N) is 1. The molecule has 6 rings (SSSR count). The number of phenolic OH excluding ortho intramolecular Hbond substituents is 2. The van der Waals surface area contributed by atoms with Crippen molar-refractivity contribution < 1.29 is 39.1 Å². The molecule has 0 saturated carbocycles. The van der Waals surface area contributed by atoms with Crippen LogP contribution in [0, 0.1) is 0 Å². The standard InChI is InChI=1S/C34H33NO10/c1-14-11-16-22-27-23(32(40)31(16)35-7-6-9-45-10-8-36)17(38)12-19(42-3)25(27)26-20(43-4)13-18(39)24-29(26)28(22)30(21(14)15(2)37)34(44-5)33(24)41/h11-13,21,35-36,40-41H,6-10H2,1-5H3. The molecule has 0 aliphatic heterocycles. The molecule has 5 aromatic rings. The SMILES string of the molecule is COc1c(O)c2c(=O)cc(OC)c3c4c(OC)cc(=O)c5c(O)c(NCCCOCCO)c6c(c(c1C(C(C)=O)C(C)=C6)c23)c54. The summed E-state index contributed by atoms with van der Waals surface area (Å²) in [6.45, 7) is 3.99. The number of rotatable bonds is 11. The highest BCUT2D eigenvalue weighted by atomic mass is 16.5. The first kappa shape index (κ1) is 30.2. The van der Waals surface area contributed by atoms with Gasteiger partial charge >= 0.3 is 0 Å². The molecule has 11 nitrogen and oxygen atoms in total. The van der Waals surface area contributed by atoms with Crippen molar-refractivity contribution in [1.29, 1.82) is 0 Å². The van der Waals surface area contributed by atoms with Crippen LogP contribution in [0.5, 0.6) is 28.7 Å². The number of fused-ring (bicyclic) bond motifs is 1. The van der Waals surface area contributed by atoms with Crippen molar-refractivity contribution in [3.63, 3.8) is 0 Å². The summed E-state index contributed by atoms with van der Waals surface area (Å²) in [5.41, 5.74) is 0.651. The van der Waals surface area contributed by atoms with Crippen LogP contribution in [0.2, 0.25) is 0 Å². The Balaban J connectivity index is 1.94. The number of ketones is 1. The summed E-state index contributed by atoms with van der Waals surface area (Å²) < 4.78 is 22.6. The second-order valence-corrected chi connectivity index (χ2v) is 11.1. The average molecular weight is 616 g/mol. The van der Waals surface area contributed by atoms with E-state index < -0.39 is 22.5 Å². The zero-order valence-electron chi connectivity index (χ0n) is 25.5. The largest absolute Gasteiger partial charge is 0.505 e. The fourth-order valence-corrected chi connectivity index (χ4v) is 7.00. The van der Waals surface area contributed by atoms with E-state index in [0.29, 0.717) is 68.6 Å². The number of hydrogen-bond donors (Lipinski definition) is 4. The van der Waals surface area contributed by atoms with Gasteiger partial charge in [0, 0.05) is 63.3 Å². The van der Waals surface area contributed by atoms with Crippen molar-refractivity contribution in [2.75, 3.05) is 53.0 Å². The van der Waals surface area contributed by atoms with Gasteiger partial charge in [-0.25, -0.2) is 0 Å². The molecule has 0 radical (unpaired) electrons. The van der Waals surface area contributed by atoms with Crippen molar-refractivity contribution in [1.82, 2.24) is 0 Å². The summed E-state index contributed by atoms with van der Waals surface area (Å²) in [5, 5.41) is 38.1. The van der Waals surface area contributed by atoms with Crippen molar-refractivity contribution in [3.05, 3.63) is 49.3 Å². The fraction of sp³-hybridized carbons (Fsp3) is 0.324. The van der Waals surface area contributed by atoms with Gasteiger partial charge in [0.2, 0.25) is 0 Å². The number of methoxy groups -OCH3 is 3. The van der Waals surface area contributed by atoms with Gasteiger partial charge in [-0.3, -0.25) is 14.4 Å². The maximum absolute atomic E-state index is 13.8. The van der Waals surface area contributed by atoms with Crippen molar-refractivity contribution in [3.8, 4) is 28.7 Å². The normalized spacial score (nSPS) is 14.4. The monoisotopic (exact) mass is 615 g/mol. The molecule has 1 atom stereocenters. The zero-order chi connectivity index (χ0) is 32.3. The lowest BCUT2D eigenvalue weighted by Crippen LogP contribution is -2.14. The van der Waals surface area contributed by atoms with Gasteiger partial charge < -0.3 is 39.6 Å². The summed E-state index contributed by atoms with van der Waals surface area (Å²) in [7, 11) is 4.18. The van der Waals surface area contributed by atoms with E-state index in [0.717, 1.165) is 0 Å². The van der Waals surface area contributed by atoms with E-state index >= 15 is 0 Å². The predicted octanol–water partition coefficient (Wildman–Crippen LogP) is 4.23. The highest BCUT2D eigenvalue weighted by Crippen LogP contribution is 2.58. The van der Waals surface area contributed by atoms with Crippen LogP contribution >= 0.6 is 0 Å². The number of hydrogen-bond acceptors (Lipinski definition) is 11. The molecule has 45 heavy (non-hydrogen) atoms. The maximum atomic E-state index is 13.8. The number of Topliss-reactive ketones (excluding diaryl/α,β-unsaturated/α-hetero) is 1. The van der Waals surface area contributed by atoms with Gasteiger partial charge in [-0.05, 0) is 25.7 Å². The highest BCUT2D eigenvalue weighted by Gasteiger charge is 2.37. The molecule has 234 valence electrons. The smallest absolute Gasteiger partial charge is 0.194 e. The second kappa shape index (κ2) is 11.2. The van der Waals surface area contributed by atoms with Crippen LogP contribution < -0.4 is 30.4 Å². The van der Waals surface area contributed by atoms with Crippen molar-refractivity contribution in [2.24, 2.45) is 0 Å². The van der Waals surface area contributed by atoms with E-state index in [-0.39, 0.29) is 58.5 Å². The fourth-order valence-electron chi connectivity index (χ4n) is 7.00. The van der Waals surface area contributed by atoms with Crippen LogP contribution in [-0.4, -0.2) is 68.8 Å². The Morgan fingerprint density at radius 2 is 1.42 bits per heavy atom. The number of aliphatic hydroxyl groups excluding tert-OH is 1. The number of benzene rings is 5. The Hall–Kier alpha value is -4.87. The van der Waals surface area contributed by atoms with E-state index in [9.17, 15) is 24.6 Å². The number of phenols is 2. The maximum Gasteiger partial charge on any atom is 0.194 e. The Morgan fingerprint density at radius 3 is 1.98 bits per heavy atom. The Morgan fingerprint density at radius 1 is 0.822 bits per heavy atom. The molecule has 5 aromatic carbocycles. The molecule has 1 aliphatic carbocycles. The number of carbonyl (C=O) groups is 1. The van der Waals surface area contributed by atoms with Crippen LogP contribution in [-0.2, 0) is 9.53 Å². The first-order chi connectivity index (χ1) is 21.6. The molecule has 0 amide bonds. The molecule has 4 N–H and O–H groups in total. The third kappa shape index (κ3) is 4.22. The van der Waals surface area contributed by atoms with Crippen LogP contribution in [0.3, 0.4) is 0 Å². The summed E-state index contributed by atoms with van der Waals surface area (Å²) in [6, 6.07) is 2.53. The van der Waals surface area contributed by atoms with Crippen LogP contribution in [0.15, 0.2) is 27.3 Å². The van der Waals surface area contributed by atoms with Crippen LogP contribution in [0.4, 0.5) is 5.69 Å². The molecule has 11 heteroatoms. The number of anilines is 1. The summed E-state index contributed by atoms with van der Waals surface area (Å²) in [5.74, 6) is -1.52. The first-order valence-electron chi connectivity index (χ1n) is 14.5. The minimum absolute atomic E-state index is 0.0148. The Bertz CT molecular complexity index is 2170. The van der Waals surface area contributed by atoms with E-state index in [1.807, 2.05) is 0 Å². The third-order valence-electron chi connectivity index (χ3n) is 8.66. The number of aliphatic hydroxyl groups is 1. The second-order valence-electron chi connectivity index (χ2n) is 11.1. The minimum atomic E-state index is -0.900. The van der Waals surface area contributed by atoms with Gasteiger partial charge in [0.05, 0.1) is 56.9 Å². The van der Waals surface area contributed by atoms with Gasteiger partial charge in [0.25, 0.3) is 0 Å². The minimum Gasteiger partial charge on any atom is -0.505 e. The van der Waals surface area contributed by atoms with E-state index in [1.54, 1.807) is 13.0 Å². The Kier molecular flexibility index (Phi) is 7.54. The van der Waals surface area contributed by atoms with Crippen LogP contribution in [0.1, 0.15) is 37.3 Å². The van der Waals surface area contributed by atoms with Crippen molar-refractivity contribution >= 4 is 60.6 Å². The summed E-state index contributed by atoms with van der Waals surface area (Å²) >= 11 is 0.